The van der Waals surface area contributed by atoms with E-state index in [0.29, 0.717) is 12.5 Å². The van der Waals surface area contributed by atoms with Crippen molar-refractivity contribution in [2.75, 3.05) is 33.3 Å². The predicted molar refractivity (Wildman–Crippen MR) is 89.0 cm³/mol. The van der Waals surface area contributed by atoms with Gasteiger partial charge in [0.05, 0.1) is 6.54 Å². The first kappa shape index (κ1) is 19.2. The summed E-state index contributed by atoms with van der Waals surface area (Å²) in [4.78, 5) is 4.08. The fraction of sp³-hybridized carbons (Fsp3) is 0.562. The maximum Gasteiger partial charge on any atom is 0.191 e. The van der Waals surface area contributed by atoms with Crippen molar-refractivity contribution in [1.82, 2.24) is 16.0 Å². The Hall–Kier alpha value is -1.89. The van der Waals surface area contributed by atoms with Gasteiger partial charge < -0.3 is 20.7 Å². The smallest absolute Gasteiger partial charge is 0.191 e. The quantitative estimate of drug-likeness (QED) is 0.406. The maximum absolute atomic E-state index is 13.4. The van der Waals surface area contributed by atoms with E-state index in [4.69, 9.17) is 4.74 Å². The predicted octanol–water partition coefficient (Wildman–Crippen LogP) is 1.90. The van der Waals surface area contributed by atoms with Gasteiger partial charge in [0, 0.05) is 31.7 Å². The molecule has 5 nitrogen and oxygen atoms in total. The van der Waals surface area contributed by atoms with Gasteiger partial charge in [0.1, 0.15) is 12.4 Å². The first-order valence-corrected chi connectivity index (χ1v) is 7.59. The number of rotatable bonds is 7. The van der Waals surface area contributed by atoms with Gasteiger partial charge >= 0.3 is 0 Å². The van der Waals surface area contributed by atoms with Crippen molar-refractivity contribution in [2.45, 2.75) is 26.3 Å². The molecule has 0 aliphatic heterocycles. The molecule has 3 N–H and O–H groups in total. The molecule has 0 radical (unpaired) electrons. The summed E-state index contributed by atoms with van der Waals surface area (Å²) in [6, 6.07) is 3.23. The standard InChI is InChI=1S/C16H26F2N4O/c1-16(2,3)22-8-7-20-15(19-4)21-9-10-23-14-6-5-12(17)11-13(14)18/h5-6,11,22H,7-10H2,1-4H3,(H2,19,20,21). The SMILES string of the molecule is CN=C(NCCNC(C)(C)C)NCCOc1ccc(F)cc1F. The minimum Gasteiger partial charge on any atom is -0.489 e. The second-order valence-corrected chi connectivity index (χ2v) is 6.03. The van der Waals surface area contributed by atoms with E-state index in [1.54, 1.807) is 7.05 Å². The minimum absolute atomic E-state index is 0.0329. The van der Waals surface area contributed by atoms with Crippen LogP contribution in [0.3, 0.4) is 0 Å². The Balaban J connectivity index is 2.22. The molecule has 1 aromatic carbocycles. The lowest BCUT2D eigenvalue weighted by molar-refractivity contribution is 0.304. The third-order valence-electron chi connectivity index (χ3n) is 2.84. The largest absolute Gasteiger partial charge is 0.489 e. The van der Waals surface area contributed by atoms with Crippen molar-refractivity contribution in [3.63, 3.8) is 0 Å². The number of aliphatic imine (C=N–C) groups is 1. The topological polar surface area (TPSA) is 57.7 Å². The van der Waals surface area contributed by atoms with Gasteiger partial charge in [-0.3, -0.25) is 4.99 Å². The van der Waals surface area contributed by atoms with E-state index < -0.39 is 11.6 Å². The Bertz CT molecular complexity index is 515. The molecule has 0 unspecified atom stereocenters. The highest BCUT2D eigenvalue weighted by molar-refractivity contribution is 5.79. The molecule has 23 heavy (non-hydrogen) atoms. The maximum atomic E-state index is 13.4. The van der Waals surface area contributed by atoms with Crippen molar-refractivity contribution >= 4 is 5.96 Å². The molecule has 0 saturated heterocycles. The van der Waals surface area contributed by atoms with Crippen LogP contribution in [0.4, 0.5) is 8.78 Å². The lowest BCUT2D eigenvalue weighted by atomic mass is 10.1. The molecule has 0 saturated carbocycles. The molecule has 0 bridgehead atoms. The molecule has 0 atom stereocenters. The van der Waals surface area contributed by atoms with Crippen LogP contribution in [0.25, 0.3) is 0 Å². The van der Waals surface area contributed by atoms with E-state index in [0.717, 1.165) is 25.2 Å². The molecule has 0 aliphatic rings. The molecule has 1 aromatic rings. The van der Waals surface area contributed by atoms with Crippen LogP contribution in [0, 0.1) is 11.6 Å². The minimum atomic E-state index is -0.708. The highest BCUT2D eigenvalue weighted by Gasteiger charge is 2.07. The summed E-state index contributed by atoms with van der Waals surface area (Å²) >= 11 is 0. The van der Waals surface area contributed by atoms with Gasteiger partial charge in [-0.2, -0.15) is 0 Å². The lowest BCUT2D eigenvalue weighted by Gasteiger charge is -2.21. The Morgan fingerprint density at radius 2 is 1.83 bits per heavy atom. The Kier molecular flexibility index (Phi) is 7.74. The fourth-order valence-electron chi connectivity index (χ4n) is 1.76. The molecule has 0 aromatic heterocycles. The number of halogens is 2. The fourth-order valence-corrected chi connectivity index (χ4v) is 1.76. The van der Waals surface area contributed by atoms with Gasteiger partial charge in [-0.25, -0.2) is 8.78 Å². The number of nitrogens with zero attached hydrogens (tertiary/aromatic N) is 1. The van der Waals surface area contributed by atoms with Crippen molar-refractivity contribution < 1.29 is 13.5 Å². The molecule has 130 valence electrons. The van der Waals surface area contributed by atoms with Crippen LogP contribution in [-0.4, -0.2) is 44.8 Å². The average molecular weight is 328 g/mol. The molecule has 1 rings (SSSR count). The van der Waals surface area contributed by atoms with Crippen LogP contribution in [0.5, 0.6) is 5.75 Å². The molecular weight excluding hydrogens is 302 g/mol. The van der Waals surface area contributed by atoms with Crippen LogP contribution < -0.4 is 20.7 Å². The van der Waals surface area contributed by atoms with Crippen LogP contribution in [0.15, 0.2) is 23.2 Å². The normalized spacial score (nSPS) is 12.2. The zero-order valence-electron chi connectivity index (χ0n) is 14.2. The van der Waals surface area contributed by atoms with E-state index in [1.165, 1.54) is 6.07 Å². The van der Waals surface area contributed by atoms with Gasteiger partial charge in [-0.05, 0) is 32.9 Å². The number of nitrogens with one attached hydrogen (secondary N) is 3. The molecule has 0 heterocycles. The summed E-state index contributed by atoms with van der Waals surface area (Å²) in [6.07, 6.45) is 0. The third-order valence-corrected chi connectivity index (χ3v) is 2.84. The highest BCUT2D eigenvalue weighted by atomic mass is 19.1. The van der Waals surface area contributed by atoms with Crippen molar-refractivity contribution in [3.8, 4) is 5.75 Å². The van der Waals surface area contributed by atoms with E-state index >= 15 is 0 Å². The second kappa shape index (κ2) is 9.29. The number of guanidine groups is 1. The van der Waals surface area contributed by atoms with E-state index in [1.807, 2.05) is 0 Å². The zero-order valence-corrected chi connectivity index (χ0v) is 14.2. The van der Waals surface area contributed by atoms with Gasteiger partial charge in [0.15, 0.2) is 17.5 Å². The number of benzene rings is 1. The van der Waals surface area contributed by atoms with E-state index in [-0.39, 0.29) is 17.9 Å². The Morgan fingerprint density at radius 3 is 2.43 bits per heavy atom. The van der Waals surface area contributed by atoms with Crippen LogP contribution in [0.1, 0.15) is 20.8 Å². The van der Waals surface area contributed by atoms with E-state index in [2.05, 4.69) is 41.7 Å². The van der Waals surface area contributed by atoms with Gasteiger partial charge in [0.2, 0.25) is 0 Å². The van der Waals surface area contributed by atoms with Crippen molar-refractivity contribution in [2.24, 2.45) is 4.99 Å². The van der Waals surface area contributed by atoms with Gasteiger partial charge in [-0.15, -0.1) is 0 Å². The van der Waals surface area contributed by atoms with Crippen LogP contribution in [-0.2, 0) is 0 Å². The zero-order chi connectivity index (χ0) is 17.3. The summed E-state index contributed by atoms with van der Waals surface area (Å²) in [6.45, 7) is 8.53. The number of hydrogen-bond acceptors (Lipinski definition) is 3. The summed E-state index contributed by atoms with van der Waals surface area (Å²) in [5.74, 6) is -0.656. The lowest BCUT2D eigenvalue weighted by Crippen LogP contribution is -2.45. The highest BCUT2D eigenvalue weighted by Crippen LogP contribution is 2.17. The molecule has 0 spiro atoms. The van der Waals surface area contributed by atoms with E-state index in [9.17, 15) is 8.78 Å². The van der Waals surface area contributed by atoms with Crippen LogP contribution in [0.2, 0.25) is 0 Å². The molecule has 0 aliphatic carbocycles. The summed E-state index contributed by atoms with van der Waals surface area (Å²) in [5.41, 5.74) is 0.0751. The Labute approximate surface area is 136 Å². The number of hydrogen-bond donors (Lipinski definition) is 3. The summed E-state index contributed by atoms with van der Waals surface area (Å²) < 4.78 is 31.4. The summed E-state index contributed by atoms with van der Waals surface area (Å²) in [7, 11) is 1.67. The summed E-state index contributed by atoms with van der Waals surface area (Å²) in [5, 5.41) is 9.57. The Morgan fingerprint density at radius 1 is 1.13 bits per heavy atom. The molecular formula is C16H26F2N4O. The second-order valence-electron chi connectivity index (χ2n) is 6.03. The van der Waals surface area contributed by atoms with Crippen molar-refractivity contribution in [3.05, 3.63) is 29.8 Å². The van der Waals surface area contributed by atoms with Gasteiger partial charge in [-0.1, -0.05) is 0 Å². The third kappa shape index (κ3) is 8.35. The molecule has 0 amide bonds. The molecule has 0 fully saturated rings. The number of ether oxygens (including phenoxy) is 1. The van der Waals surface area contributed by atoms with Crippen molar-refractivity contribution in [1.29, 1.82) is 0 Å². The monoisotopic (exact) mass is 328 g/mol. The first-order valence-electron chi connectivity index (χ1n) is 7.59. The first-order chi connectivity index (χ1) is 10.8. The molecule has 7 heteroatoms. The van der Waals surface area contributed by atoms with Gasteiger partial charge in [0.25, 0.3) is 0 Å². The van der Waals surface area contributed by atoms with Crippen LogP contribution >= 0.6 is 0 Å². The average Bonchev–Trinajstić information content (AvgIpc) is 2.46.